The molecule has 0 bridgehead atoms. The minimum Gasteiger partial charge on any atom is -0.208 e. The third-order valence-electron chi connectivity index (χ3n) is 10.6. The number of aromatic nitrogens is 3. The van der Waals surface area contributed by atoms with Gasteiger partial charge in [-0.2, -0.15) is 0 Å². The van der Waals surface area contributed by atoms with Crippen molar-refractivity contribution in [1.82, 2.24) is 15.0 Å². The Morgan fingerprint density at radius 1 is 0.250 bits per heavy atom. The van der Waals surface area contributed by atoms with Gasteiger partial charge in [-0.15, -0.1) is 0 Å². The van der Waals surface area contributed by atoms with E-state index in [0.29, 0.717) is 17.5 Å². The van der Waals surface area contributed by atoms with Crippen LogP contribution in [0.25, 0.3) is 89.8 Å². The third-order valence-corrected chi connectivity index (χ3v) is 10.6. The van der Waals surface area contributed by atoms with E-state index in [-0.39, 0.29) is 7.43 Å². The highest BCUT2D eigenvalue weighted by molar-refractivity contribution is 5.93. The molecule has 1 aliphatic rings. The Kier molecular flexibility index (Phi) is 9.18. The lowest BCUT2D eigenvalue weighted by atomic mass is 9.91. The zero-order valence-corrected chi connectivity index (χ0v) is 30.1. The van der Waals surface area contributed by atoms with E-state index < -0.39 is 0 Å². The van der Waals surface area contributed by atoms with Gasteiger partial charge in [0.25, 0.3) is 0 Å². The van der Waals surface area contributed by atoms with E-state index in [1.807, 2.05) is 36.4 Å². The first-order chi connectivity index (χ1) is 27.2. The molecule has 56 heavy (non-hydrogen) atoms. The van der Waals surface area contributed by atoms with Gasteiger partial charge in [0.05, 0.1) is 0 Å². The van der Waals surface area contributed by atoms with E-state index in [0.717, 1.165) is 39.8 Å². The normalized spacial score (nSPS) is 11.4. The summed E-state index contributed by atoms with van der Waals surface area (Å²) >= 11 is 0. The van der Waals surface area contributed by atoms with Crippen LogP contribution in [-0.2, 0) is 6.42 Å². The largest absolute Gasteiger partial charge is 0.208 e. The molecule has 1 heterocycles. The molecule has 8 aromatic carbocycles. The minimum absolute atomic E-state index is 0. The molecule has 0 saturated carbocycles. The molecule has 0 spiro atoms. The topological polar surface area (TPSA) is 38.7 Å². The molecule has 0 unspecified atom stereocenters. The summed E-state index contributed by atoms with van der Waals surface area (Å²) in [4.78, 5) is 15.2. The van der Waals surface area contributed by atoms with Gasteiger partial charge < -0.3 is 0 Å². The van der Waals surface area contributed by atoms with E-state index in [1.54, 1.807) is 0 Å². The lowest BCUT2D eigenvalue weighted by molar-refractivity contribution is 1.07. The first-order valence-electron chi connectivity index (χ1n) is 18.7. The molecular weight excluding hydrogens is 679 g/mol. The SMILES string of the molecule is C.c1ccc(-c2cc(-c3nc(-c4ccccc4)nc(-c4ccccc4)n3)cc(-c3cccc4c3Cc3c(-c5ccccc5)cc(-c5ccccc5)cc3-4)c2)cc1. The molecule has 0 amide bonds. The van der Waals surface area contributed by atoms with Crippen LogP contribution in [0.4, 0.5) is 0 Å². The van der Waals surface area contributed by atoms with Crippen LogP contribution in [0.2, 0.25) is 0 Å². The van der Waals surface area contributed by atoms with Gasteiger partial charge in [0, 0.05) is 16.7 Å². The summed E-state index contributed by atoms with van der Waals surface area (Å²) in [5.74, 6) is 1.94. The Labute approximate surface area is 328 Å². The second-order valence-corrected chi connectivity index (χ2v) is 14.0. The first kappa shape index (κ1) is 34.5. The zero-order valence-electron chi connectivity index (χ0n) is 30.1. The molecule has 0 radical (unpaired) electrons. The Hall–Kier alpha value is -7.23. The molecule has 0 saturated heterocycles. The zero-order chi connectivity index (χ0) is 36.6. The molecule has 0 N–H and O–H groups in total. The van der Waals surface area contributed by atoms with Gasteiger partial charge in [-0.1, -0.05) is 177 Å². The predicted octanol–water partition coefficient (Wildman–Crippen LogP) is 13.7. The summed E-state index contributed by atoms with van der Waals surface area (Å²) in [5, 5.41) is 0. The summed E-state index contributed by atoms with van der Waals surface area (Å²) in [7, 11) is 0. The maximum Gasteiger partial charge on any atom is 0.164 e. The van der Waals surface area contributed by atoms with Crippen LogP contribution in [0, 0.1) is 0 Å². The van der Waals surface area contributed by atoms with Crippen LogP contribution in [-0.4, -0.2) is 15.0 Å². The summed E-state index contributed by atoms with van der Waals surface area (Å²) in [6.45, 7) is 0. The molecule has 1 aliphatic carbocycles. The second kappa shape index (κ2) is 14.9. The van der Waals surface area contributed by atoms with E-state index in [4.69, 9.17) is 15.0 Å². The van der Waals surface area contributed by atoms with Gasteiger partial charge in [0.15, 0.2) is 17.5 Å². The van der Waals surface area contributed by atoms with E-state index in [2.05, 4.69) is 164 Å². The van der Waals surface area contributed by atoms with Crippen LogP contribution < -0.4 is 0 Å². The van der Waals surface area contributed by atoms with Gasteiger partial charge in [0.1, 0.15) is 0 Å². The lowest BCUT2D eigenvalue weighted by Crippen LogP contribution is -2.00. The van der Waals surface area contributed by atoms with Gasteiger partial charge in [0.2, 0.25) is 0 Å². The van der Waals surface area contributed by atoms with Crippen molar-refractivity contribution in [2.45, 2.75) is 13.8 Å². The molecule has 0 atom stereocenters. The fraction of sp³-hybridized carbons (Fsp3) is 0.0377. The predicted molar refractivity (Wildman–Crippen MR) is 233 cm³/mol. The molecule has 0 aliphatic heterocycles. The summed E-state index contributed by atoms with van der Waals surface area (Å²) in [6, 6.07) is 70.8. The monoisotopic (exact) mass is 717 g/mol. The minimum atomic E-state index is 0. The fourth-order valence-corrected chi connectivity index (χ4v) is 7.90. The second-order valence-electron chi connectivity index (χ2n) is 14.0. The van der Waals surface area contributed by atoms with Gasteiger partial charge in [-0.25, -0.2) is 15.0 Å². The van der Waals surface area contributed by atoms with Crippen LogP contribution in [0.15, 0.2) is 200 Å². The first-order valence-corrected chi connectivity index (χ1v) is 18.7. The van der Waals surface area contributed by atoms with Crippen LogP contribution in [0.3, 0.4) is 0 Å². The summed E-state index contributed by atoms with van der Waals surface area (Å²) in [5.41, 5.74) is 17.7. The molecule has 266 valence electrons. The van der Waals surface area contributed by atoms with E-state index >= 15 is 0 Å². The fourth-order valence-electron chi connectivity index (χ4n) is 7.90. The Balaban J connectivity index is 0.00000410. The Morgan fingerprint density at radius 3 is 1.16 bits per heavy atom. The van der Waals surface area contributed by atoms with Crippen LogP contribution in [0.5, 0.6) is 0 Å². The van der Waals surface area contributed by atoms with Crippen LogP contribution >= 0.6 is 0 Å². The van der Waals surface area contributed by atoms with Crippen molar-refractivity contribution < 1.29 is 0 Å². The highest BCUT2D eigenvalue weighted by Crippen LogP contribution is 2.48. The van der Waals surface area contributed by atoms with Crippen LogP contribution in [0.1, 0.15) is 18.6 Å². The number of fused-ring (bicyclic) bond motifs is 3. The number of hydrogen-bond acceptors (Lipinski definition) is 3. The quantitative estimate of drug-likeness (QED) is 0.165. The van der Waals surface area contributed by atoms with Crippen molar-refractivity contribution in [3.63, 3.8) is 0 Å². The number of benzene rings is 8. The maximum atomic E-state index is 5.14. The Bertz CT molecular complexity index is 2740. The third kappa shape index (κ3) is 6.50. The smallest absolute Gasteiger partial charge is 0.164 e. The van der Waals surface area contributed by atoms with E-state index in [9.17, 15) is 0 Å². The highest BCUT2D eigenvalue weighted by atomic mass is 15.0. The van der Waals surface area contributed by atoms with Crippen molar-refractivity contribution in [1.29, 1.82) is 0 Å². The van der Waals surface area contributed by atoms with Gasteiger partial charge in [-0.05, 0) is 104 Å². The maximum absolute atomic E-state index is 5.14. The highest BCUT2D eigenvalue weighted by Gasteiger charge is 2.26. The van der Waals surface area contributed by atoms with Gasteiger partial charge >= 0.3 is 0 Å². The average Bonchev–Trinajstić information content (AvgIpc) is 3.66. The van der Waals surface area contributed by atoms with Crippen molar-refractivity contribution in [2.24, 2.45) is 0 Å². The molecule has 9 aromatic rings. The number of hydrogen-bond donors (Lipinski definition) is 0. The van der Waals surface area contributed by atoms with Gasteiger partial charge in [-0.3, -0.25) is 0 Å². The molecule has 3 heteroatoms. The van der Waals surface area contributed by atoms with E-state index in [1.165, 1.54) is 50.1 Å². The standard InChI is InChI=1S/C52H35N3.CH4/c1-6-17-35(18-7-1)40-29-42(31-43(30-40)52-54-50(38-23-12-4-13-24-38)53-51(55-52)39-25-14-5-15-26-39)44-27-16-28-45-47-33-41(36-19-8-2-9-20-36)32-46(49(47)34-48(44)45)37-21-10-3-11-22-37;/h1-33H,34H2;1H4. The lowest BCUT2D eigenvalue weighted by Gasteiger charge is -2.14. The molecule has 0 fully saturated rings. The number of rotatable bonds is 7. The van der Waals surface area contributed by atoms with Crippen molar-refractivity contribution in [3.8, 4) is 89.8 Å². The molecule has 1 aromatic heterocycles. The number of nitrogens with zero attached hydrogens (tertiary/aromatic N) is 3. The molecular formula is C53H39N3. The molecule has 10 rings (SSSR count). The summed E-state index contributed by atoms with van der Waals surface area (Å²) < 4.78 is 0. The van der Waals surface area contributed by atoms with Crippen molar-refractivity contribution in [2.75, 3.05) is 0 Å². The van der Waals surface area contributed by atoms with Crippen molar-refractivity contribution in [3.05, 3.63) is 211 Å². The summed E-state index contributed by atoms with van der Waals surface area (Å²) in [6.07, 6.45) is 0.840. The van der Waals surface area contributed by atoms with Crippen molar-refractivity contribution >= 4 is 0 Å². The molecule has 3 nitrogen and oxygen atoms in total. The Morgan fingerprint density at radius 2 is 0.625 bits per heavy atom. The average molecular weight is 718 g/mol.